The number of nitrogens with one attached hydrogen (secondary N) is 2. The van der Waals surface area contributed by atoms with Gasteiger partial charge in [0.05, 0.1) is 18.6 Å². The molecule has 1 fully saturated rings. The van der Waals surface area contributed by atoms with Crippen LogP contribution in [0.4, 0.5) is 0 Å². The lowest BCUT2D eigenvalue weighted by Crippen LogP contribution is -2.54. The van der Waals surface area contributed by atoms with Gasteiger partial charge in [-0.2, -0.15) is 0 Å². The van der Waals surface area contributed by atoms with E-state index in [2.05, 4.69) is 5.32 Å². The number of aliphatic carboxylic acids is 1. The maximum Gasteiger partial charge on any atom is 0.303 e. The van der Waals surface area contributed by atoms with Gasteiger partial charge in [0.15, 0.2) is 0 Å². The van der Waals surface area contributed by atoms with Gasteiger partial charge in [0.1, 0.15) is 11.6 Å². The molecule has 1 heterocycles. The van der Waals surface area contributed by atoms with Crippen LogP contribution >= 0.6 is 0 Å². The summed E-state index contributed by atoms with van der Waals surface area (Å²) in [6.45, 7) is 4.53. The second-order valence-electron chi connectivity index (χ2n) is 9.71. The van der Waals surface area contributed by atoms with Gasteiger partial charge in [-0.3, -0.25) is 19.8 Å². The molecule has 2 aromatic carbocycles. The molecule has 0 radical (unpaired) electrons. The first-order chi connectivity index (χ1) is 17.0. The van der Waals surface area contributed by atoms with Crippen LogP contribution < -0.4 is 15.8 Å². The number of amides is 2. The van der Waals surface area contributed by atoms with Gasteiger partial charge < -0.3 is 25.8 Å². The lowest BCUT2D eigenvalue weighted by Gasteiger charge is -2.40. The minimum Gasteiger partial charge on any atom is -0.496 e. The van der Waals surface area contributed by atoms with Crippen molar-refractivity contribution >= 4 is 23.6 Å². The number of hydrogen-bond donors (Lipinski definition) is 4. The van der Waals surface area contributed by atoms with Crippen LogP contribution in [0.25, 0.3) is 0 Å². The monoisotopic (exact) mass is 494 g/mol. The fourth-order valence-electron chi connectivity index (χ4n) is 4.76. The summed E-state index contributed by atoms with van der Waals surface area (Å²) >= 11 is 0. The zero-order chi connectivity index (χ0) is 26.5. The molecule has 9 nitrogen and oxygen atoms in total. The molecule has 3 rings (SSSR count). The summed E-state index contributed by atoms with van der Waals surface area (Å²) in [5, 5.41) is 19.7. The van der Waals surface area contributed by atoms with Crippen molar-refractivity contribution in [3.8, 4) is 5.75 Å². The van der Waals surface area contributed by atoms with Crippen LogP contribution in [0.5, 0.6) is 5.75 Å². The number of carbonyl (C=O) groups excluding carboxylic acids is 2. The van der Waals surface area contributed by atoms with Crippen LogP contribution in [-0.4, -0.2) is 59.4 Å². The van der Waals surface area contributed by atoms with Crippen LogP contribution in [0.1, 0.15) is 60.5 Å². The van der Waals surface area contributed by atoms with Gasteiger partial charge in [0.2, 0.25) is 5.91 Å². The first-order valence-corrected chi connectivity index (χ1v) is 11.9. The van der Waals surface area contributed by atoms with Crippen molar-refractivity contribution in [3.63, 3.8) is 0 Å². The molecule has 0 aliphatic carbocycles. The Labute approximate surface area is 211 Å². The second kappa shape index (κ2) is 11.2. The van der Waals surface area contributed by atoms with Gasteiger partial charge in [-0.1, -0.05) is 30.3 Å². The topological polar surface area (TPSA) is 146 Å². The van der Waals surface area contributed by atoms with Crippen molar-refractivity contribution in [1.82, 2.24) is 10.2 Å². The number of hydrogen-bond acceptors (Lipinski definition) is 5. The molecule has 5 N–H and O–H groups in total. The Morgan fingerprint density at radius 2 is 1.69 bits per heavy atom. The third-order valence-corrected chi connectivity index (χ3v) is 6.70. The standard InChI is InChI=1S/C27H34N4O5/c1-27(2,30-25(34)19-10-8-18(9-11-19)24(28)29)23(20-6-4-5-7-21(20)36-3)26(35)31-14-12-17(13-15-31)16-22(32)33/h4-11,17,23H,12-16H2,1-3H3,(H3,28,29)(H,30,34)(H,32,33). The highest BCUT2D eigenvalue weighted by molar-refractivity contribution is 5.99. The maximum absolute atomic E-state index is 13.9. The summed E-state index contributed by atoms with van der Waals surface area (Å²) in [7, 11) is 1.54. The Morgan fingerprint density at radius 1 is 1.11 bits per heavy atom. The molecule has 0 aromatic heterocycles. The molecule has 2 aromatic rings. The number of piperidine rings is 1. The number of carboxylic acid groups (broad SMARTS) is 1. The van der Waals surface area contributed by atoms with E-state index >= 15 is 0 Å². The fraction of sp³-hybridized carbons (Fsp3) is 0.407. The lowest BCUT2D eigenvalue weighted by atomic mass is 9.79. The number of carbonyl (C=O) groups is 3. The van der Waals surface area contributed by atoms with Crippen molar-refractivity contribution in [2.75, 3.05) is 20.2 Å². The van der Waals surface area contributed by atoms with Gasteiger partial charge in [-0.05, 0) is 50.8 Å². The smallest absolute Gasteiger partial charge is 0.303 e. The number of carboxylic acids is 1. The Morgan fingerprint density at radius 3 is 2.25 bits per heavy atom. The van der Waals surface area contributed by atoms with Crippen LogP contribution in [0.15, 0.2) is 48.5 Å². The van der Waals surface area contributed by atoms with Gasteiger partial charge in [0.25, 0.3) is 5.91 Å². The number of nitrogens with two attached hydrogens (primary N) is 1. The minimum atomic E-state index is -1.00. The molecule has 192 valence electrons. The molecule has 9 heteroatoms. The number of nitrogens with zero attached hydrogens (tertiary/aromatic N) is 1. The summed E-state index contributed by atoms with van der Waals surface area (Å²) in [5.74, 6) is -1.58. The summed E-state index contributed by atoms with van der Waals surface area (Å²) in [4.78, 5) is 40.0. The molecule has 1 aliphatic rings. The van der Waals surface area contributed by atoms with E-state index in [0.29, 0.717) is 48.4 Å². The predicted molar refractivity (Wildman–Crippen MR) is 136 cm³/mol. The van der Waals surface area contributed by atoms with E-state index in [1.807, 2.05) is 18.2 Å². The van der Waals surface area contributed by atoms with E-state index in [0.717, 1.165) is 0 Å². The van der Waals surface area contributed by atoms with Crippen LogP contribution in [-0.2, 0) is 9.59 Å². The number of rotatable bonds is 9. The Hall–Kier alpha value is -3.88. The highest BCUT2D eigenvalue weighted by atomic mass is 16.5. The van der Waals surface area contributed by atoms with Crippen molar-refractivity contribution in [3.05, 3.63) is 65.2 Å². The third-order valence-electron chi connectivity index (χ3n) is 6.70. The number of ether oxygens (including phenoxy) is 1. The zero-order valence-electron chi connectivity index (χ0n) is 20.9. The Kier molecular flexibility index (Phi) is 8.34. The van der Waals surface area contributed by atoms with Crippen molar-refractivity contribution in [2.24, 2.45) is 11.7 Å². The zero-order valence-corrected chi connectivity index (χ0v) is 20.9. The van der Waals surface area contributed by atoms with E-state index in [1.165, 1.54) is 0 Å². The van der Waals surface area contributed by atoms with Crippen molar-refractivity contribution < 1.29 is 24.2 Å². The number of para-hydroxylation sites is 1. The summed E-state index contributed by atoms with van der Waals surface area (Å²) < 4.78 is 5.56. The molecular weight excluding hydrogens is 460 g/mol. The highest BCUT2D eigenvalue weighted by Crippen LogP contribution is 2.37. The molecule has 1 atom stereocenters. The third kappa shape index (κ3) is 6.21. The fourth-order valence-corrected chi connectivity index (χ4v) is 4.76. The van der Waals surface area contributed by atoms with Crippen molar-refractivity contribution in [1.29, 1.82) is 5.41 Å². The SMILES string of the molecule is COc1ccccc1C(C(=O)N1CCC(CC(=O)O)CC1)C(C)(C)NC(=O)c1ccc(C(=N)N)cc1. The lowest BCUT2D eigenvalue weighted by molar-refractivity contribution is -0.139. The van der Waals surface area contributed by atoms with Gasteiger partial charge >= 0.3 is 5.97 Å². The molecule has 1 saturated heterocycles. The number of nitrogen functional groups attached to an aromatic ring is 1. The molecule has 0 spiro atoms. The number of amidine groups is 1. The van der Waals surface area contributed by atoms with Crippen LogP contribution in [0.2, 0.25) is 0 Å². The molecule has 1 unspecified atom stereocenters. The number of benzene rings is 2. The van der Waals surface area contributed by atoms with Crippen molar-refractivity contribution in [2.45, 2.75) is 44.6 Å². The Balaban J connectivity index is 1.88. The van der Waals surface area contributed by atoms with Gasteiger partial charge in [0, 0.05) is 36.2 Å². The molecule has 0 saturated carbocycles. The van der Waals surface area contributed by atoms with E-state index in [1.54, 1.807) is 56.2 Å². The maximum atomic E-state index is 13.9. The predicted octanol–water partition coefficient (Wildman–Crippen LogP) is 2.98. The van der Waals surface area contributed by atoms with E-state index in [9.17, 15) is 14.4 Å². The summed E-state index contributed by atoms with van der Waals surface area (Å²) in [6.07, 6.45) is 1.33. The van der Waals surface area contributed by atoms with Gasteiger partial charge in [-0.15, -0.1) is 0 Å². The van der Waals surface area contributed by atoms with Crippen LogP contribution in [0, 0.1) is 11.3 Å². The average Bonchev–Trinajstić information content (AvgIpc) is 2.84. The van der Waals surface area contributed by atoms with E-state index < -0.39 is 17.4 Å². The summed E-state index contributed by atoms with van der Waals surface area (Å²) in [6, 6.07) is 13.7. The highest BCUT2D eigenvalue weighted by Gasteiger charge is 2.42. The van der Waals surface area contributed by atoms with E-state index in [-0.39, 0.29) is 30.0 Å². The number of likely N-dealkylation sites (tertiary alicyclic amines) is 1. The molecular formula is C27H34N4O5. The molecule has 36 heavy (non-hydrogen) atoms. The Bertz CT molecular complexity index is 1120. The average molecular weight is 495 g/mol. The molecule has 0 bridgehead atoms. The van der Waals surface area contributed by atoms with Crippen LogP contribution in [0.3, 0.4) is 0 Å². The quantitative estimate of drug-likeness (QED) is 0.311. The van der Waals surface area contributed by atoms with E-state index in [4.69, 9.17) is 21.0 Å². The number of methoxy groups -OCH3 is 1. The first kappa shape index (κ1) is 26.7. The first-order valence-electron chi connectivity index (χ1n) is 11.9. The second-order valence-corrected chi connectivity index (χ2v) is 9.71. The summed E-state index contributed by atoms with van der Waals surface area (Å²) in [5.41, 5.74) is 6.07. The molecule has 2 amide bonds. The normalized spacial score (nSPS) is 15.1. The minimum absolute atomic E-state index is 0.0435. The van der Waals surface area contributed by atoms with Gasteiger partial charge in [-0.25, -0.2) is 0 Å². The molecule has 1 aliphatic heterocycles. The largest absolute Gasteiger partial charge is 0.496 e.